The minimum absolute atomic E-state index is 0.727. The van der Waals surface area contributed by atoms with Gasteiger partial charge in [0.05, 0.1) is 0 Å². The van der Waals surface area contributed by atoms with E-state index in [1.54, 1.807) is 11.3 Å². The van der Waals surface area contributed by atoms with Gasteiger partial charge in [-0.25, -0.2) is 0 Å². The molecule has 0 saturated carbocycles. The lowest BCUT2D eigenvalue weighted by Crippen LogP contribution is -1.94. The van der Waals surface area contributed by atoms with Gasteiger partial charge in [0, 0.05) is 21.8 Å². The van der Waals surface area contributed by atoms with Crippen LogP contribution >= 0.6 is 11.3 Å². The molecule has 0 saturated heterocycles. The lowest BCUT2D eigenvalue weighted by Gasteiger charge is -2.11. The normalized spacial score (nSPS) is 10.5. The summed E-state index contributed by atoms with van der Waals surface area (Å²) in [6.45, 7) is 0. The first-order valence-corrected chi connectivity index (χ1v) is 6.92. The van der Waals surface area contributed by atoms with Crippen molar-refractivity contribution in [2.75, 3.05) is 11.5 Å². The van der Waals surface area contributed by atoms with Crippen LogP contribution in [0.3, 0.4) is 0 Å². The maximum absolute atomic E-state index is 6.09. The lowest BCUT2D eigenvalue weighted by atomic mass is 9.97. The maximum Gasteiger partial charge on any atom is 0.0395 e. The highest BCUT2D eigenvalue weighted by Gasteiger charge is 2.10. The summed E-state index contributed by atoms with van der Waals surface area (Å²) < 4.78 is 0. The van der Waals surface area contributed by atoms with Crippen LogP contribution in [0.1, 0.15) is 0 Å². The van der Waals surface area contributed by atoms with Crippen molar-refractivity contribution in [1.29, 1.82) is 0 Å². The van der Waals surface area contributed by atoms with Gasteiger partial charge in [0.15, 0.2) is 0 Å². The van der Waals surface area contributed by atoms with Crippen LogP contribution in [0.4, 0.5) is 11.4 Å². The molecule has 0 bridgehead atoms. The average Bonchev–Trinajstić information content (AvgIpc) is 2.95. The van der Waals surface area contributed by atoms with Crippen LogP contribution in [0.5, 0.6) is 0 Å². The Hall–Kier alpha value is -2.26. The van der Waals surface area contributed by atoms with Gasteiger partial charge in [0.2, 0.25) is 0 Å². The van der Waals surface area contributed by atoms with Crippen LogP contribution in [0.25, 0.3) is 21.6 Å². The van der Waals surface area contributed by atoms with Crippen molar-refractivity contribution in [3.63, 3.8) is 0 Å². The Bertz CT molecular complexity index is 703. The number of hydrogen-bond acceptors (Lipinski definition) is 3. The average molecular weight is 266 g/mol. The summed E-state index contributed by atoms with van der Waals surface area (Å²) in [5.74, 6) is 0. The number of nitrogen functional groups attached to an aromatic ring is 2. The molecular weight excluding hydrogens is 252 g/mol. The number of benzene rings is 2. The van der Waals surface area contributed by atoms with Gasteiger partial charge in [-0.15, -0.1) is 11.3 Å². The SMILES string of the molecule is Nc1ccc(N)c(-c2ccccc2-c2cccs2)c1. The Kier molecular flexibility index (Phi) is 2.97. The summed E-state index contributed by atoms with van der Waals surface area (Å²) in [7, 11) is 0. The Labute approximate surface area is 116 Å². The maximum atomic E-state index is 6.09. The number of thiophene rings is 1. The first-order valence-electron chi connectivity index (χ1n) is 6.04. The van der Waals surface area contributed by atoms with E-state index >= 15 is 0 Å². The van der Waals surface area contributed by atoms with Gasteiger partial charge < -0.3 is 11.5 Å². The van der Waals surface area contributed by atoms with Crippen molar-refractivity contribution in [1.82, 2.24) is 0 Å². The summed E-state index contributed by atoms with van der Waals surface area (Å²) in [5, 5.41) is 2.08. The highest BCUT2D eigenvalue weighted by molar-refractivity contribution is 7.13. The third-order valence-corrected chi connectivity index (χ3v) is 3.98. The van der Waals surface area contributed by atoms with Crippen LogP contribution in [-0.4, -0.2) is 0 Å². The van der Waals surface area contributed by atoms with Crippen molar-refractivity contribution in [2.45, 2.75) is 0 Å². The molecule has 3 aromatic rings. The highest BCUT2D eigenvalue weighted by atomic mass is 32.1. The summed E-state index contributed by atoms with van der Waals surface area (Å²) in [5.41, 5.74) is 16.7. The van der Waals surface area contributed by atoms with Gasteiger partial charge >= 0.3 is 0 Å². The minimum atomic E-state index is 0.727. The van der Waals surface area contributed by atoms with Crippen molar-refractivity contribution in [2.24, 2.45) is 0 Å². The zero-order valence-corrected chi connectivity index (χ0v) is 11.2. The number of rotatable bonds is 2. The molecular formula is C16H14N2S. The molecule has 94 valence electrons. The van der Waals surface area contributed by atoms with Crippen molar-refractivity contribution >= 4 is 22.7 Å². The van der Waals surface area contributed by atoms with E-state index in [1.165, 1.54) is 10.4 Å². The summed E-state index contributed by atoms with van der Waals surface area (Å²) in [6.07, 6.45) is 0. The first-order chi connectivity index (χ1) is 9.25. The van der Waals surface area contributed by atoms with Gasteiger partial charge in [-0.3, -0.25) is 0 Å². The fraction of sp³-hybridized carbons (Fsp3) is 0. The largest absolute Gasteiger partial charge is 0.399 e. The standard InChI is InChI=1S/C16H14N2S/c17-11-7-8-15(18)14(10-11)12-4-1-2-5-13(12)16-6-3-9-19-16/h1-10H,17-18H2. The molecule has 0 unspecified atom stereocenters. The zero-order chi connectivity index (χ0) is 13.2. The van der Waals surface area contributed by atoms with E-state index in [4.69, 9.17) is 11.5 Å². The monoisotopic (exact) mass is 266 g/mol. The molecule has 0 fully saturated rings. The first kappa shape index (κ1) is 11.8. The smallest absolute Gasteiger partial charge is 0.0395 e. The lowest BCUT2D eigenvalue weighted by molar-refractivity contribution is 1.60. The second kappa shape index (κ2) is 4.78. The summed E-state index contributed by atoms with van der Waals surface area (Å²) >= 11 is 1.72. The fourth-order valence-corrected chi connectivity index (χ4v) is 2.94. The summed E-state index contributed by atoms with van der Waals surface area (Å²) in [4.78, 5) is 1.23. The van der Waals surface area contributed by atoms with Crippen LogP contribution < -0.4 is 11.5 Å². The van der Waals surface area contributed by atoms with Crippen LogP contribution in [-0.2, 0) is 0 Å². The van der Waals surface area contributed by atoms with E-state index < -0.39 is 0 Å². The second-order valence-corrected chi connectivity index (χ2v) is 5.32. The third-order valence-electron chi connectivity index (χ3n) is 3.08. The highest BCUT2D eigenvalue weighted by Crippen LogP contribution is 2.37. The quantitative estimate of drug-likeness (QED) is 0.681. The molecule has 3 rings (SSSR count). The van der Waals surface area contributed by atoms with Crippen LogP contribution in [0, 0.1) is 0 Å². The molecule has 3 heteroatoms. The van der Waals surface area contributed by atoms with Gasteiger partial charge in [-0.2, -0.15) is 0 Å². The van der Waals surface area contributed by atoms with E-state index in [-0.39, 0.29) is 0 Å². The zero-order valence-electron chi connectivity index (χ0n) is 10.3. The minimum Gasteiger partial charge on any atom is -0.399 e. The van der Waals surface area contributed by atoms with Gasteiger partial charge in [-0.05, 0) is 40.8 Å². The predicted octanol–water partition coefficient (Wildman–Crippen LogP) is 4.25. The van der Waals surface area contributed by atoms with E-state index in [0.29, 0.717) is 0 Å². The van der Waals surface area contributed by atoms with Crippen molar-refractivity contribution in [3.8, 4) is 21.6 Å². The number of hydrogen-bond donors (Lipinski definition) is 2. The predicted molar refractivity (Wildman–Crippen MR) is 84.0 cm³/mol. The molecule has 0 spiro atoms. The molecule has 1 aromatic heterocycles. The Morgan fingerprint density at radius 1 is 0.737 bits per heavy atom. The molecule has 0 radical (unpaired) electrons. The molecule has 0 aliphatic carbocycles. The molecule has 1 heterocycles. The molecule has 0 atom stereocenters. The third kappa shape index (κ3) is 2.20. The van der Waals surface area contributed by atoms with E-state index in [1.807, 2.05) is 30.3 Å². The number of nitrogens with two attached hydrogens (primary N) is 2. The topological polar surface area (TPSA) is 52.0 Å². The molecule has 2 nitrogen and oxygen atoms in total. The fourth-order valence-electron chi connectivity index (χ4n) is 2.17. The van der Waals surface area contributed by atoms with E-state index in [0.717, 1.165) is 22.5 Å². The Balaban J connectivity index is 2.23. The van der Waals surface area contributed by atoms with Gasteiger partial charge in [0.25, 0.3) is 0 Å². The van der Waals surface area contributed by atoms with Gasteiger partial charge in [-0.1, -0.05) is 30.3 Å². The Morgan fingerprint density at radius 2 is 1.53 bits per heavy atom. The molecule has 0 aliphatic heterocycles. The second-order valence-electron chi connectivity index (χ2n) is 4.37. The van der Waals surface area contributed by atoms with E-state index in [2.05, 4.69) is 29.6 Å². The molecule has 2 aromatic carbocycles. The molecule has 0 aliphatic rings. The van der Waals surface area contributed by atoms with Gasteiger partial charge in [0.1, 0.15) is 0 Å². The number of anilines is 2. The van der Waals surface area contributed by atoms with E-state index in [9.17, 15) is 0 Å². The van der Waals surface area contributed by atoms with Crippen LogP contribution in [0.15, 0.2) is 60.0 Å². The van der Waals surface area contributed by atoms with Crippen LogP contribution in [0.2, 0.25) is 0 Å². The molecule has 0 amide bonds. The summed E-state index contributed by atoms with van der Waals surface area (Å²) in [6, 6.07) is 18.1. The molecule has 4 N–H and O–H groups in total. The molecule has 19 heavy (non-hydrogen) atoms. The van der Waals surface area contributed by atoms with Crippen molar-refractivity contribution in [3.05, 3.63) is 60.0 Å². The Morgan fingerprint density at radius 3 is 2.26 bits per heavy atom. The van der Waals surface area contributed by atoms with Crippen molar-refractivity contribution < 1.29 is 0 Å².